The summed E-state index contributed by atoms with van der Waals surface area (Å²) in [4.78, 5) is 8.85. The van der Waals surface area contributed by atoms with E-state index in [-0.39, 0.29) is 16.9 Å². The second-order valence-corrected chi connectivity index (χ2v) is 13.6. The summed E-state index contributed by atoms with van der Waals surface area (Å²) in [7, 11) is -0.430. The number of benzene rings is 1. The Bertz CT molecular complexity index is 1610. The lowest BCUT2D eigenvalue weighted by Gasteiger charge is -2.34. The molecule has 0 saturated carbocycles. The predicted octanol–water partition coefficient (Wildman–Crippen LogP) is 5.03. The van der Waals surface area contributed by atoms with Crippen LogP contribution in [0, 0.1) is 0 Å². The molecule has 15 heteroatoms. The molecule has 5 rings (SSSR count). The highest BCUT2D eigenvalue weighted by Crippen LogP contribution is 2.50. The number of likely N-dealkylation sites (N-methyl/N-ethyl adjacent to an activating group) is 1. The molecule has 1 atom stereocenters. The van der Waals surface area contributed by atoms with Gasteiger partial charge in [0.15, 0.2) is 12.0 Å². The fraction of sp³-hybridized carbons (Fsp3) is 0.481. The minimum Gasteiger partial charge on any atom is -0.354 e. The zero-order chi connectivity index (χ0) is 30.8. The van der Waals surface area contributed by atoms with Crippen molar-refractivity contribution in [3.63, 3.8) is 0 Å². The zero-order valence-electron chi connectivity index (χ0n) is 24.1. The first-order valence-corrected chi connectivity index (χ1v) is 15.5. The molecule has 0 spiro atoms. The van der Waals surface area contributed by atoms with Crippen molar-refractivity contribution in [3.05, 3.63) is 52.3 Å². The van der Waals surface area contributed by atoms with Gasteiger partial charge in [-0.3, -0.25) is 4.68 Å². The summed E-state index contributed by atoms with van der Waals surface area (Å²) >= 11 is 6.86. The molecular formula is C27H33ClF3N7O3S. The summed E-state index contributed by atoms with van der Waals surface area (Å²) in [6, 6.07) is 6.57. The molecule has 0 aliphatic carbocycles. The first kappa shape index (κ1) is 30.4. The molecule has 1 unspecified atom stereocenters. The number of hydrogen-bond donors (Lipinski definition) is 1. The van der Waals surface area contributed by atoms with Crippen LogP contribution < -0.4 is 15.3 Å². The second kappa shape index (κ2) is 10.6. The number of aryl methyl sites for hydroxylation is 1. The van der Waals surface area contributed by atoms with Gasteiger partial charge in [0.25, 0.3) is 10.1 Å². The predicted molar refractivity (Wildman–Crippen MR) is 156 cm³/mol. The summed E-state index contributed by atoms with van der Waals surface area (Å²) in [5.41, 5.74) is 0.226. The third-order valence-corrected chi connectivity index (χ3v) is 8.06. The van der Waals surface area contributed by atoms with Crippen molar-refractivity contribution in [2.75, 3.05) is 54.8 Å². The van der Waals surface area contributed by atoms with Gasteiger partial charge < -0.3 is 15.1 Å². The molecule has 2 aromatic heterocycles. The van der Waals surface area contributed by atoms with Crippen LogP contribution >= 0.6 is 11.6 Å². The highest BCUT2D eigenvalue weighted by atomic mass is 35.5. The minimum atomic E-state index is -4.64. The molecule has 228 valence electrons. The van der Waals surface area contributed by atoms with E-state index >= 15 is 0 Å². The third kappa shape index (κ3) is 5.77. The topological polar surface area (TPSA) is 95.8 Å². The van der Waals surface area contributed by atoms with Crippen LogP contribution in [0.5, 0.6) is 0 Å². The van der Waals surface area contributed by atoms with E-state index in [1.165, 1.54) is 24.3 Å². The number of alkyl halides is 3. The van der Waals surface area contributed by atoms with E-state index < -0.39 is 33.4 Å². The van der Waals surface area contributed by atoms with Gasteiger partial charge in [-0.25, -0.2) is 10.0 Å². The monoisotopic (exact) mass is 627 g/mol. The van der Waals surface area contributed by atoms with Crippen LogP contribution in [0.15, 0.2) is 30.3 Å². The molecule has 2 aliphatic rings. The van der Waals surface area contributed by atoms with Gasteiger partial charge in [0.1, 0.15) is 11.4 Å². The summed E-state index contributed by atoms with van der Waals surface area (Å²) in [5.74, 6) is 0.381. The van der Waals surface area contributed by atoms with Crippen molar-refractivity contribution in [1.82, 2.24) is 19.7 Å². The van der Waals surface area contributed by atoms with E-state index in [0.29, 0.717) is 54.1 Å². The molecule has 0 bridgehead atoms. The average molecular weight is 628 g/mol. The van der Waals surface area contributed by atoms with Crippen molar-refractivity contribution in [3.8, 4) is 11.3 Å². The lowest BCUT2D eigenvalue weighted by Crippen LogP contribution is -2.45. The van der Waals surface area contributed by atoms with Crippen LogP contribution in [0.3, 0.4) is 0 Å². The van der Waals surface area contributed by atoms with Crippen LogP contribution in [0.1, 0.15) is 43.9 Å². The number of nitrogens with zero attached hydrogens (tertiary/aromatic N) is 6. The van der Waals surface area contributed by atoms with Crippen LogP contribution in [0.25, 0.3) is 11.3 Å². The molecule has 42 heavy (non-hydrogen) atoms. The first-order valence-electron chi connectivity index (χ1n) is 13.3. The Balaban J connectivity index is 1.75. The Morgan fingerprint density at radius 2 is 1.71 bits per heavy atom. The molecule has 10 nitrogen and oxygen atoms in total. The van der Waals surface area contributed by atoms with Crippen LogP contribution in [0.2, 0.25) is 5.02 Å². The maximum Gasteiger partial charge on any atom is 0.417 e. The smallest absolute Gasteiger partial charge is 0.354 e. The molecule has 1 N–H and O–H groups in total. The maximum atomic E-state index is 14.1. The normalized spacial score (nSPS) is 18.4. The first-order chi connectivity index (χ1) is 19.5. The van der Waals surface area contributed by atoms with Gasteiger partial charge in [0.05, 0.1) is 33.9 Å². The largest absolute Gasteiger partial charge is 0.417 e. The standard InChI is InChI=1S/C27H33ClF3N7O3S/c1-26(2,3)23-20(28)22(36(5)34-23)25-33-21-19(38(25)41-42(6,39)40)15-18(16-9-7-8-10-17(16)27(29,30)31)32-24(21)37-13-11-35(4)12-14-37/h7-10,15,25,33H,11-14H2,1-6H3. The van der Waals surface area contributed by atoms with E-state index in [4.69, 9.17) is 20.9 Å². The van der Waals surface area contributed by atoms with Crippen molar-refractivity contribution in [2.24, 2.45) is 7.05 Å². The Hall–Kier alpha value is -3.07. The summed E-state index contributed by atoms with van der Waals surface area (Å²) in [6.07, 6.45) is -4.73. The SMILES string of the molecule is CN1CCN(c2nc(-c3ccccc3C(F)(F)F)cc3c2NC(c2c(Cl)c(C(C)(C)C)nn2C)N3OS(C)(=O)=O)CC1. The molecule has 2 aliphatic heterocycles. The van der Waals surface area contributed by atoms with Crippen molar-refractivity contribution in [2.45, 2.75) is 38.5 Å². The molecule has 1 saturated heterocycles. The molecule has 3 aromatic rings. The highest BCUT2D eigenvalue weighted by molar-refractivity contribution is 7.86. The summed E-state index contributed by atoms with van der Waals surface area (Å²) in [5, 5.41) is 9.36. The molecular weight excluding hydrogens is 595 g/mol. The van der Waals surface area contributed by atoms with Gasteiger partial charge in [-0.15, -0.1) is 4.28 Å². The maximum absolute atomic E-state index is 14.1. The quantitative estimate of drug-likeness (QED) is 0.418. The van der Waals surface area contributed by atoms with E-state index in [0.717, 1.165) is 17.4 Å². The van der Waals surface area contributed by atoms with Gasteiger partial charge in [0.2, 0.25) is 0 Å². The number of hydroxylamine groups is 1. The van der Waals surface area contributed by atoms with Gasteiger partial charge in [-0.1, -0.05) is 50.6 Å². The molecule has 1 fully saturated rings. The van der Waals surface area contributed by atoms with Crippen molar-refractivity contribution in [1.29, 1.82) is 0 Å². The van der Waals surface area contributed by atoms with Gasteiger partial charge in [-0.05, 0) is 19.2 Å². The number of halogens is 4. The van der Waals surface area contributed by atoms with Crippen LogP contribution in [-0.2, 0) is 33.0 Å². The molecule has 0 radical (unpaired) electrons. The summed E-state index contributed by atoms with van der Waals surface area (Å²) < 4.78 is 74.4. The number of anilines is 3. The van der Waals surface area contributed by atoms with Gasteiger partial charge in [0, 0.05) is 44.2 Å². The highest BCUT2D eigenvalue weighted by Gasteiger charge is 2.42. The van der Waals surface area contributed by atoms with Crippen LogP contribution in [-0.4, -0.2) is 67.6 Å². The number of nitrogens with one attached hydrogen (secondary N) is 1. The molecule has 4 heterocycles. The molecule has 0 amide bonds. The van der Waals surface area contributed by atoms with E-state index in [9.17, 15) is 21.6 Å². The number of aromatic nitrogens is 3. The fourth-order valence-electron chi connectivity index (χ4n) is 5.20. The van der Waals surface area contributed by atoms with E-state index in [1.807, 2.05) is 32.7 Å². The number of hydrogen-bond acceptors (Lipinski definition) is 9. The van der Waals surface area contributed by atoms with Crippen molar-refractivity contribution >= 4 is 38.9 Å². The minimum absolute atomic E-state index is 0.0200. The Kier molecular flexibility index (Phi) is 7.65. The number of pyridine rings is 1. The average Bonchev–Trinajstić information content (AvgIpc) is 3.38. The Morgan fingerprint density at radius 1 is 1.07 bits per heavy atom. The number of piperazine rings is 1. The Morgan fingerprint density at radius 3 is 2.29 bits per heavy atom. The lowest BCUT2D eigenvalue weighted by atomic mass is 9.92. The number of fused-ring (bicyclic) bond motifs is 1. The van der Waals surface area contributed by atoms with Crippen molar-refractivity contribution < 1.29 is 25.9 Å². The van der Waals surface area contributed by atoms with E-state index in [1.54, 1.807) is 11.7 Å². The zero-order valence-corrected chi connectivity index (χ0v) is 25.7. The van der Waals surface area contributed by atoms with Gasteiger partial charge in [-0.2, -0.15) is 26.7 Å². The van der Waals surface area contributed by atoms with Gasteiger partial charge >= 0.3 is 6.18 Å². The third-order valence-electron chi connectivity index (χ3n) is 7.26. The Labute approximate surface area is 248 Å². The second-order valence-electron chi connectivity index (χ2n) is 11.6. The fourth-order valence-corrected chi connectivity index (χ4v) is 6.20. The van der Waals surface area contributed by atoms with E-state index in [2.05, 4.69) is 15.3 Å². The summed E-state index contributed by atoms with van der Waals surface area (Å²) in [6.45, 7) is 8.37. The van der Waals surface area contributed by atoms with Crippen LogP contribution in [0.4, 0.5) is 30.4 Å². The number of rotatable bonds is 5. The molecule has 1 aromatic carbocycles. The lowest BCUT2D eigenvalue weighted by molar-refractivity contribution is -0.137.